The van der Waals surface area contributed by atoms with Crippen molar-refractivity contribution in [3.63, 3.8) is 0 Å². The average Bonchev–Trinajstić information content (AvgIpc) is 3.12. The number of piperidine rings is 1. The first-order valence-electron chi connectivity index (χ1n) is 9.09. The minimum Gasteiger partial charge on any atom is -0.317 e. The largest absolute Gasteiger partial charge is 0.317 e. The molecule has 0 amide bonds. The summed E-state index contributed by atoms with van der Waals surface area (Å²) >= 11 is 0. The second kappa shape index (κ2) is 9.65. The van der Waals surface area contributed by atoms with Crippen molar-refractivity contribution in [2.75, 3.05) is 13.1 Å². The van der Waals surface area contributed by atoms with Crippen LogP contribution in [0.3, 0.4) is 0 Å². The Hall–Kier alpha value is -1.21. The van der Waals surface area contributed by atoms with E-state index >= 15 is 0 Å². The number of rotatable bonds is 4. The molecular formula is C18H28Cl2N6. The molecule has 8 heteroatoms. The van der Waals surface area contributed by atoms with Crippen molar-refractivity contribution < 1.29 is 0 Å². The highest BCUT2D eigenvalue weighted by Crippen LogP contribution is 2.43. The first kappa shape index (κ1) is 21.1. The van der Waals surface area contributed by atoms with E-state index in [1.807, 2.05) is 12.1 Å². The number of nitrogens with one attached hydrogen (secondary N) is 3. The van der Waals surface area contributed by atoms with E-state index in [1.165, 1.54) is 51.6 Å². The molecule has 3 N–H and O–H groups in total. The van der Waals surface area contributed by atoms with E-state index in [9.17, 15) is 0 Å². The molecule has 2 aliphatic rings. The van der Waals surface area contributed by atoms with Crippen LogP contribution in [0.25, 0.3) is 11.4 Å². The van der Waals surface area contributed by atoms with Gasteiger partial charge in [-0.1, -0.05) is 0 Å². The normalized spacial score (nSPS) is 19.5. The average molecular weight is 399 g/mol. The molecule has 0 radical (unpaired) electrons. The molecule has 1 spiro atoms. The fourth-order valence-electron chi connectivity index (χ4n) is 4.14. The Morgan fingerprint density at radius 1 is 1.04 bits per heavy atom. The van der Waals surface area contributed by atoms with E-state index in [2.05, 4.69) is 30.8 Å². The van der Waals surface area contributed by atoms with Crippen LogP contribution in [0.5, 0.6) is 0 Å². The van der Waals surface area contributed by atoms with Crippen LogP contribution in [-0.2, 0) is 6.54 Å². The maximum atomic E-state index is 4.58. The Morgan fingerprint density at radius 2 is 1.73 bits per heavy atom. The van der Waals surface area contributed by atoms with Gasteiger partial charge in [0.05, 0.1) is 6.54 Å². The van der Waals surface area contributed by atoms with E-state index in [1.54, 1.807) is 12.4 Å². The minimum absolute atomic E-state index is 0. The molecule has 2 aromatic heterocycles. The van der Waals surface area contributed by atoms with E-state index < -0.39 is 0 Å². The standard InChI is InChI=1S/C18H26N6.2ClH/c1-5-18(7-11-20-12-8-18)6-2-15(1)21-13-16-22-17(24-23-16)14-3-9-19-10-4-14;;/h3-4,9-10,15,20-21H,1-2,5-8,11-13H2,(H,22,23,24);2*1H. The van der Waals surface area contributed by atoms with E-state index in [-0.39, 0.29) is 24.8 Å². The van der Waals surface area contributed by atoms with E-state index in [0.29, 0.717) is 11.5 Å². The highest BCUT2D eigenvalue weighted by molar-refractivity contribution is 5.85. The topological polar surface area (TPSA) is 78.5 Å². The number of halogens is 2. The quantitative estimate of drug-likeness (QED) is 0.737. The van der Waals surface area contributed by atoms with Crippen molar-refractivity contribution in [1.82, 2.24) is 30.8 Å². The van der Waals surface area contributed by atoms with Crippen LogP contribution in [-0.4, -0.2) is 39.3 Å². The predicted molar refractivity (Wildman–Crippen MR) is 108 cm³/mol. The van der Waals surface area contributed by atoms with Crippen LogP contribution in [0.4, 0.5) is 0 Å². The van der Waals surface area contributed by atoms with Crippen molar-refractivity contribution in [1.29, 1.82) is 0 Å². The first-order valence-corrected chi connectivity index (χ1v) is 9.09. The predicted octanol–water partition coefficient (Wildman–Crippen LogP) is 3.11. The van der Waals surface area contributed by atoms with Gasteiger partial charge in [0.25, 0.3) is 0 Å². The maximum absolute atomic E-state index is 4.58. The molecule has 1 aliphatic heterocycles. The Balaban J connectivity index is 0.00000121. The molecule has 1 saturated heterocycles. The molecule has 2 fully saturated rings. The summed E-state index contributed by atoms with van der Waals surface area (Å²) in [6.07, 6.45) is 11.5. The highest BCUT2D eigenvalue weighted by atomic mass is 35.5. The molecule has 0 unspecified atom stereocenters. The van der Waals surface area contributed by atoms with Gasteiger partial charge in [-0.2, -0.15) is 5.10 Å². The SMILES string of the molecule is Cl.Cl.c1cc(-c2n[nH]c(CNC3CCC4(CCNCC4)CC3)n2)ccn1. The molecule has 0 aromatic carbocycles. The number of nitrogens with zero attached hydrogens (tertiary/aromatic N) is 3. The van der Waals surface area contributed by atoms with Gasteiger partial charge in [0.15, 0.2) is 5.82 Å². The molecule has 0 bridgehead atoms. The summed E-state index contributed by atoms with van der Waals surface area (Å²) in [6.45, 7) is 3.17. The highest BCUT2D eigenvalue weighted by Gasteiger charge is 2.35. The Kier molecular flexibility index (Phi) is 7.83. The summed E-state index contributed by atoms with van der Waals surface area (Å²) in [5.41, 5.74) is 1.63. The number of aromatic nitrogens is 4. The Bertz CT molecular complexity index is 647. The van der Waals surface area contributed by atoms with Gasteiger partial charge in [0.2, 0.25) is 0 Å². The number of aromatic amines is 1. The van der Waals surface area contributed by atoms with Crippen molar-refractivity contribution >= 4 is 24.8 Å². The lowest BCUT2D eigenvalue weighted by molar-refractivity contribution is 0.115. The smallest absolute Gasteiger partial charge is 0.181 e. The maximum Gasteiger partial charge on any atom is 0.181 e. The Labute approximate surface area is 167 Å². The molecule has 0 atom stereocenters. The van der Waals surface area contributed by atoms with E-state index in [0.717, 1.165) is 23.8 Å². The van der Waals surface area contributed by atoms with Gasteiger partial charge in [-0.05, 0) is 69.2 Å². The lowest BCUT2D eigenvalue weighted by Gasteiger charge is -2.43. The summed E-state index contributed by atoms with van der Waals surface area (Å²) in [5, 5.41) is 14.5. The third-order valence-corrected chi connectivity index (χ3v) is 5.74. The lowest BCUT2D eigenvalue weighted by atomic mass is 9.67. The van der Waals surface area contributed by atoms with Crippen molar-refractivity contribution in [2.45, 2.75) is 51.1 Å². The minimum atomic E-state index is 0. The fraction of sp³-hybridized carbons (Fsp3) is 0.611. The van der Waals surface area contributed by atoms with Gasteiger partial charge < -0.3 is 10.6 Å². The van der Waals surface area contributed by atoms with Crippen LogP contribution in [0.15, 0.2) is 24.5 Å². The van der Waals surface area contributed by atoms with Gasteiger partial charge in [-0.15, -0.1) is 24.8 Å². The van der Waals surface area contributed by atoms with Crippen LogP contribution >= 0.6 is 24.8 Å². The third-order valence-electron chi connectivity index (χ3n) is 5.74. The van der Waals surface area contributed by atoms with Crippen molar-refractivity contribution in [3.8, 4) is 11.4 Å². The van der Waals surface area contributed by atoms with Crippen LogP contribution in [0.2, 0.25) is 0 Å². The first-order chi connectivity index (χ1) is 11.8. The molecule has 26 heavy (non-hydrogen) atoms. The van der Waals surface area contributed by atoms with Gasteiger partial charge in [0, 0.05) is 24.0 Å². The van der Waals surface area contributed by atoms with Gasteiger partial charge in [-0.3, -0.25) is 10.1 Å². The van der Waals surface area contributed by atoms with Gasteiger partial charge in [-0.25, -0.2) is 4.98 Å². The number of pyridine rings is 1. The van der Waals surface area contributed by atoms with Crippen molar-refractivity contribution in [2.24, 2.45) is 5.41 Å². The summed E-state index contributed by atoms with van der Waals surface area (Å²) in [5.74, 6) is 1.65. The van der Waals surface area contributed by atoms with Crippen molar-refractivity contribution in [3.05, 3.63) is 30.4 Å². The number of hydrogen-bond donors (Lipinski definition) is 3. The summed E-state index contributed by atoms with van der Waals surface area (Å²) in [6, 6.07) is 4.47. The lowest BCUT2D eigenvalue weighted by Crippen LogP contribution is -2.43. The monoisotopic (exact) mass is 398 g/mol. The van der Waals surface area contributed by atoms with Crippen LogP contribution < -0.4 is 10.6 Å². The van der Waals surface area contributed by atoms with Gasteiger partial charge >= 0.3 is 0 Å². The second-order valence-electron chi connectivity index (χ2n) is 7.25. The summed E-state index contributed by atoms with van der Waals surface area (Å²) < 4.78 is 0. The van der Waals surface area contributed by atoms with Crippen LogP contribution in [0, 0.1) is 5.41 Å². The molecule has 2 aromatic rings. The Morgan fingerprint density at radius 3 is 2.42 bits per heavy atom. The molecule has 4 rings (SSSR count). The zero-order chi connectivity index (χ0) is 16.2. The summed E-state index contributed by atoms with van der Waals surface area (Å²) in [7, 11) is 0. The third kappa shape index (κ3) is 4.94. The number of H-pyrrole nitrogens is 1. The zero-order valence-electron chi connectivity index (χ0n) is 14.9. The summed E-state index contributed by atoms with van der Waals surface area (Å²) in [4.78, 5) is 8.61. The molecular weight excluding hydrogens is 371 g/mol. The molecule has 1 aliphatic carbocycles. The van der Waals surface area contributed by atoms with Gasteiger partial charge in [0.1, 0.15) is 5.82 Å². The number of hydrogen-bond acceptors (Lipinski definition) is 5. The molecule has 3 heterocycles. The van der Waals surface area contributed by atoms with E-state index in [4.69, 9.17) is 0 Å². The molecule has 144 valence electrons. The van der Waals surface area contributed by atoms with Crippen LogP contribution in [0.1, 0.15) is 44.3 Å². The fourth-order valence-corrected chi connectivity index (χ4v) is 4.14. The molecule has 1 saturated carbocycles. The molecule has 6 nitrogen and oxygen atoms in total. The second-order valence-corrected chi connectivity index (χ2v) is 7.25. The zero-order valence-corrected chi connectivity index (χ0v) is 16.5.